The first-order valence-electron chi connectivity index (χ1n) is 5.13. The summed E-state index contributed by atoms with van der Waals surface area (Å²) in [6.07, 6.45) is 3.25. The molecule has 0 aromatic carbocycles. The summed E-state index contributed by atoms with van der Waals surface area (Å²) in [5, 5.41) is 10.1. The van der Waals surface area contributed by atoms with Crippen molar-refractivity contribution in [3.8, 4) is 0 Å². The fraction of sp³-hybridized carbons (Fsp3) is 0.667. The fourth-order valence-corrected chi connectivity index (χ4v) is 1.22. The van der Waals surface area contributed by atoms with Crippen molar-refractivity contribution in [1.29, 1.82) is 0 Å². The van der Waals surface area contributed by atoms with Crippen LogP contribution in [-0.4, -0.2) is 22.6 Å². The van der Waals surface area contributed by atoms with Crippen molar-refractivity contribution in [2.75, 3.05) is 11.9 Å². The van der Waals surface area contributed by atoms with E-state index in [0.29, 0.717) is 31.2 Å². The Kier molecular flexibility index (Phi) is 2.96. The van der Waals surface area contributed by atoms with Gasteiger partial charge >= 0.3 is 6.01 Å². The highest BCUT2D eigenvalue weighted by Gasteiger charge is 2.29. The number of hydrogen-bond acceptors (Lipinski definition) is 5. The van der Waals surface area contributed by atoms with E-state index in [1.165, 1.54) is 0 Å². The molecule has 1 aromatic rings. The molecule has 15 heavy (non-hydrogen) atoms. The molecule has 1 saturated carbocycles. The second kappa shape index (κ2) is 4.39. The third-order valence-corrected chi connectivity index (χ3v) is 2.22. The Labute approximate surface area is 87.2 Å². The van der Waals surface area contributed by atoms with Gasteiger partial charge in [0, 0.05) is 12.3 Å². The summed E-state index contributed by atoms with van der Waals surface area (Å²) < 4.78 is 5.27. The zero-order chi connectivity index (χ0) is 10.7. The first kappa shape index (κ1) is 10.1. The maximum absolute atomic E-state index is 11.3. The highest BCUT2D eigenvalue weighted by atomic mass is 16.4. The number of anilines is 1. The van der Waals surface area contributed by atoms with Gasteiger partial charge in [0.2, 0.25) is 11.8 Å². The Morgan fingerprint density at radius 1 is 1.53 bits per heavy atom. The van der Waals surface area contributed by atoms with E-state index in [4.69, 9.17) is 10.2 Å². The molecule has 0 bridgehead atoms. The first-order chi connectivity index (χ1) is 7.29. The molecule has 6 nitrogen and oxygen atoms in total. The number of hydrogen-bond donors (Lipinski definition) is 2. The van der Waals surface area contributed by atoms with E-state index < -0.39 is 0 Å². The van der Waals surface area contributed by atoms with Gasteiger partial charge in [0.05, 0.1) is 0 Å². The molecule has 0 aliphatic heterocycles. The molecule has 0 radical (unpaired) electrons. The molecule has 3 N–H and O–H groups in total. The second-order valence-electron chi connectivity index (χ2n) is 3.66. The number of carbonyl (C=O) groups is 1. The van der Waals surface area contributed by atoms with Gasteiger partial charge in [-0.1, -0.05) is 5.10 Å². The summed E-state index contributed by atoms with van der Waals surface area (Å²) in [5.41, 5.74) is 5.29. The van der Waals surface area contributed by atoms with Crippen LogP contribution in [0.3, 0.4) is 0 Å². The van der Waals surface area contributed by atoms with E-state index in [9.17, 15) is 4.79 Å². The molecule has 1 heterocycles. The van der Waals surface area contributed by atoms with Gasteiger partial charge < -0.3 is 10.2 Å². The van der Waals surface area contributed by atoms with Crippen molar-refractivity contribution in [2.45, 2.75) is 31.6 Å². The Bertz CT molecular complexity index is 346. The molecular formula is C9H14N4O2. The summed E-state index contributed by atoms with van der Waals surface area (Å²) in [7, 11) is 0. The molecule has 0 spiro atoms. The summed E-state index contributed by atoms with van der Waals surface area (Å²) in [6.45, 7) is 0.505. The highest BCUT2D eigenvalue weighted by Crippen LogP contribution is 2.39. The number of rotatable bonds is 5. The van der Waals surface area contributed by atoms with Gasteiger partial charge in [-0.05, 0) is 25.8 Å². The van der Waals surface area contributed by atoms with E-state index in [-0.39, 0.29) is 11.9 Å². The standard InChI is InChI=1S/C9H14N4O2/c10-5-1-2-7(14)11-9-13-12-8(15-9)6-3-4-6/h6H,1-5,10H2,(H,11,13,14). The lowest BCUT2D eigenvalue weighted by Gasteiger charge is -1.97. The molecular weight excluding hydrogens is 196 g/mol. The predicted molar refractivity (Wildman–Crippen MR) is 53.2 cm³/mol. The van der Waals surface area contributed by atoms with E-state index in [1.807, 2.05) is 0 Å². The van der Waals surface area contributed by atoms with Crippen LogP contribution in [0.5, 0.6) is 0 Å². The van der Waals surface area contributed by atoms with E-state index in [0.717, 1.165) is 12.8 Å². The molecule has 1 amide bonds. The maximum atomic E-state index is 11.3. The predicted octanol–water partition coefficient (Wildman–Crippen LogP) is 0.624. The normalized spacial score (nSPS) is 15.3. The molecule has 0 unspecified atom stereocenters. The number of aromatic nitrogens is 2. The molecule has 0 atom stereocenters. The number of nitrogens with zero attached hydrogens (tertiary/aromatic N) is 2. The van der Waals surface area contributed by atoms with Crippen LogP contribution in [0.2, 0.25) is 0 Å². The van der Waals surface area contributed by atoms with Crippen LogP contribution in [0.4, 0.5) is 6.01 Å². The van der Waals surface area contributed by atoms with Gasteiger partial charge in [0.15, 0.2) is 0 Å². The summed E-state index contributed by atoms with van der Waals surface area (Å²) in [4.78, 5) is 11.3. The van der Waals surface area contributed by atoms with Gasteiger partial charge in [0.25, 0.3) is 0 Å². The SMILES string of the molecule is NCCCC(=O)Nc1nnc(C2CC2)o1. The Hall–Kier alpha value is -1.43. The van der Waals surface area contributed by atoms with Crippen molar-refractivity contribution in [2.24, 2.45) is 5.73 Å². The van der Waals surface area contributed by atoms with Gasteiger partial charge in [-0.3, -0.25) is 10.1 Å². The Balaban J connectivity index is 1.84. The Morgan fingerprint density at radius 2 is 2.33 bits per heavy atom. The van der Waals surface area contributed by atoms with Crippen LogP contribution in [0.15, 0.2) is 4.42 Å². The van der Waals surface area contributed by atoms with Gasteiger partial charge in [-0.2, -0.15) is 0 Å². The van der Waals surface area contributed by atoms with Gasteiger partial charge in [-0.25, -0.2) is 0 Å². The van der Waals surface area contributed by atoms with E-state index >= 15 is 0 Å². The number of carbonyl (C=O) groups excluding carboxylic acids is 1. The molecule has 1 aliphatic carbocycles. The van der Waals surface area contributed by atoms with Crippen LogP contribution >= 0.6 is 0 Å². The lowest BCUT2D eigenvalue weighted by atomic mass is 10.3. The molecule has 1 aliphatic rings. The number of nitrogens with one attached hydrogen (secondary N) is 1. The average molecular weight is 210 g/mol. The summed E-state index contributed by atoms with van der Waals surface area (Å²) in [6, 6.07) is 0.193. The summed E-state index contributed by atoms with van der Waals surface area (Å²) in [5.74, 6) is 0.905. The third kappa shape index (κ3) is 2.76. The fourth-order valence-electron chi connectivity index (χ4n) is 1.22. The van der Waals surface area contributed by atoms with Gasteiger partial charge in [-0.15, -0.1) is 5.10 Å². The second-order valence-corrected chi connectivity index (χ2v) is 3.66. The van der Waals surface area contributed by atoms with Crippen molar-refractivity contribution in [1.82, 2.24) is 10.2 Å². The van der Waals surface area contributed by atoms with E-state index in [2.05, 4.69) is 15.5 Å². The zero-order valence-corrected chi connectivity index (χ0v) is 8.40. The van der Waals surface area contributed by atoms with Gasteiger partial charge in [0.1, 0.15) is 0 Å². The summed E-state index contributed by atoms with van der Waals surface area (Å²) >= 11 is 0. The Morgan fingerprint density at radius 3 is 3.00 bits per heavy atom. The van der Waals surface area contributed by atoms with Crippen molar-refractivity contribution >= 4 is 11.9 Å². The lowest BCUT2D eigenvalue weighted by Crippen LogP contribution is -2.13. The molecule has 2 rings (SSSR count). The minimum Gasteiger partial charge on any atom is -0.408 e. The lowest BCUT2D eigenvalue weighted by molar-refractivity contribution is -0.116. The minimum atomic E-state index is -0.133. The quantitative estimate of drug-likeness (QED) is 0.743. The molecule has 1 aromatic heterocycles. The first-order valence-corrected chi connectivity index (χ1v) is 5.13. The molecule has 82 valence electrons. The van der Waals surface area contributed by atoms with Crippen LogP contribution in [0.25, 0.3) is 0 Å². The van der Waals surface area contributed by atoms with E-state index in [1.54, 1.807) is 0 Å². The van der Waals surface area contributed by atoms with Crippen molar-refractivity contribution in [3.05, 3.63) is 5.89 Å². The monoisotopic (exact) mass is 210 g/mol. The molecule has 1 fully saturated rings. The average Bonchev–Trinajstić information content (AvgIpc) is 2.98. The third-order valence-electron chi connectivity index (χ3n) is 2.22. The molecule has 6 heteroatoms. The number of nitrogens with two attached hydrogens (primary N) is 1. The van der Waals surface area contributed by atoms with Crippen LogP contribution in [-0.2, 0) is 4.79 Å². The largest absolute Gasteiger partial charge is 0.408 e. The topological polar surface area (TPSA) is 94.0 Å². The van der Waals surface area contributed by atoms with Crippen LogP contribution < -0.4 is 11.1 Å². The van der Waals surface area contributed by atoms with Crippen LogP contribution in [0.1, 0.15) is 37.5 Å². The zero-order valence-electron chi connectivity index (χ0n) is 8.40. The maximum Gasteiger partial charge on any atom is 0.322 e. The van der Waals surface area contributed by atoms with Crippen molar-refractivity contribution < 1.29 is 9.21 Å². The molecule has 0 saturated heterocycles. The highest BCUT2D eigenvalue weighted by molar-refractivity contribution is 5.88. The number of amides is 1. The minimum absolute atomic E-state index is 0.133. The van der Waals surface area contributed by atoms with Crippen molar-refractivity contribution in [3.63, 3.8) is 0 Å². The van der Waals surface area contributed by atoms with Crippen LogP contribution in [0, 0.1) is 0 Å². The smallest absolute Gasteiger partial charge is 0.322 e.